The van der Waals surface area contributed by atoms with Crippen LogP contribution in [0, 0.1) is 0 Å². The molecule has 4 heteroatoms. The maximum Gasteiger partial charge on any atom is 0.120 e. The normalized spacial score (nSPS) is 9.94. The van der Waals surface area contributed by atoms with Gasteiger partial charge in [0.1, 0.15) is 5.75 Å². The monoisotopic (exact) mass is 229 g/mol. The highest BCUT2D eigenvalue weighted by molar-refractivity contribution is 5.48. The van der Waals surface area contributed by atoms with Gasteiger partial charge in [0.05, 0.1) is 19.3 Å². The smallest absolute Gasteiger partial charge is 0.120 e. The minimum Gasteiger partial charge on any atom is -0.497 e. The Hall–Kier alpha value is -2.23. The van der Waals surface area contributed by atoms with Crippen LogP contribution in [0.4, 0.5) is 11.4 Å². The minimum absolute atomic E-state index is 0.637. The molecule has 0 spiro atoms. The first-order valence-electron chi connectivity index (χ1n) is 5.36. The van der Waals surface area contributed by atoms with Crippen molar-refractivity contribution in [3.63, 3.8) is 0 Å². The van der Waals surface area contributed by atoms with E-state index in [1.165, 1.54) is 0 Å². The lowest BCUT2D eigenvalue weighted by Gasteiger charge is -2.07. The van der Waals surface area contributed by atoms with Crippen LogP contribution < -0.4 is 15.8 Å². The molecule has 0 amide bonds. The van der Waals surface area contributed by atoms with Crippen molar-refractivity contribution in [2.75, 3.05) is 18.2 Å². The summed E-state index contributed by atoms with van der Waals surface area (Å²) in [5.74, 6) is 0.829. The van der Waals surface area contributed by atoms with E-state index in [2.05, 4.69) is 10.3 Å². The number of nitrogen functional groups attached to an aromatic ring is 1. The van der Waals surface area contributed by atoms with E-state index >= 15 is 0 Å². The van der Waals surface area contributed by atoms with Crippen LogP contribution in [-0.4, -0.2) is 12.1 Å². The molecule has 0 bridgehead atoms. The molecule has 2 aromatic rings. The van der Waals surface area contributed by atoms with Gasteiger partial charge in [-0.2, -0.15) is 0 Å². The molecule has 0 aliphatic carbocycles. The predicted octanol–water partition coefficient (Wildman–Crippen LogP) is 2.28. The highest BCUT2D eigenvalue weighted by atomic mass is 16.5. The average Bonchev–Trinajstić information content (AvgIpc) is 2.37. The zero-order chi connectivity index (χ0) is 12.1. The molecule has 0 fully saturated rings. The molecule has 1 aromatic heterocycles. The molecule has 0 unspecified atom stereocenters. The molecular formula is C13H15N3O. The predicted molar refractivity (Wildman–Crippen MR) is 69.0 cm³/mol. The molecule has 0 atom stereocenters. The molecule has 3 N–H and O–H groups in total. The zero-order valence-corrected chi connectivity index (χ0v) is 9.68. The number of nitrogens with zero attached hydrogens (tertiary/aromatic N) is 1. The number of hydrogen-bond donors (Lipinski definition) is 2. The molecule has 0 radical (unpaired) electrons. The van der Waals surface area contributed by atoms with Crippen molar-refractivity contribution in [3.8, 4) is 5.75 Å². The van der Waals surface area contributed by atoms with Crippen LogP contribution in [0.2, 0.25) is 0 Å². The topological polar surface area (TPSA) is 60.2 Å². The summed E-state index contributed by atoms with van der Waals surface area (Å²) >= 11 is 0. The third-order valence-electron chi connectivity index (χ3n) is 2.38. The quantitative estimate of drug-likeness (QED) is 0.844. The van der Waals surface area contributed by atoms with Crippen LogP contribution in [0.1, 0.15) is 5.69 Å². The van der Waals surface area contributed by atoms with E-state index in [0.717, 1.165) is 22.8 Å². The molecule has 2 rings (SSSR count). The maximum atomic E-state index is 5.69. The zero-order valence-electron chi connectivity index (χ0n) is 9.68. The largest absolute Gasteiger partial charge is 0.497 e. The van der Waals surface area contributed by atoms with Crippen molar-refractivity contribution in [1.82, 2.24) is 4.98 Å². The lowest BCUT2D eigenvalue weighted by molar-refractivity contribution is 0.415. The van der Waals surface area contributed by atoms with Gasteiger partial charge in [-0.05, 0) is 24.3 Å². The van der Waals surface area contributed by atoms with Gasteiger partial charge in [0, 0.05) is 23.6 Å². The molecule has 0 aliphatic heterocycles. The van der Waals surface area contributed by atoms with Crippen molar-refractivity contribution in [2.24, 2.45) is 0 Å². The fraction of sp³-hybridized carbons (Fsp3) is 0.154. The second kappa shape index (κ2) is 5.21. The molecule has 4 nitrogen and oxygen atoms in total. The Morgan fingerprint density at radius 1 is 1.29 bits per heavy atom. The van der Waals surface area contributed by atoms with Gasteiger partial charge in [0.25, 0.3) is 0 Å². The van der Waals surface area contributed by atoms with Gasteiger partial charge in [-0.3, -0.25) is 4.98 Å². The second-order valence-corrected chi connectivity index (χ2v) is 3.67. The fourth-order valence-corrected chi connectivity index (χ4v) is 1.52. The summed E-state index contributed by atoms with van der Waals surface area (Å²) in [5.41, 5.74) is 8.31. The molecule has 1 aromatic carbocycles. The van der Waals surface area contributed by atoms with Crippen molar-refractivity contribution in [2.45, 2.75) is 6.54 Å². The Labute approximate surface area is 100 Å². The van der Waals surface area contributed by atoms with E-state index < -0.39 is 0 Å². The average molecular weight is 229 g/mol. The summed E-state index contributed by atoms with van der Waals surface area (Å²) in [7, 11) is 1.65. The standard InChI is InChI=1S/C13H15N3O/c1-17-13-4-2-3-11(8-13)16-9-12-7-10(14)5-6-15-12/h2-8,16H,9H2,1H3,(H2,14,15). The number of pyridine rings is 1. The lowest BCUT2D eigenvalue weighted by atomic mass is 10.2. The number of ether oxygens (including phenoxy) is 1. The Morgan fingerprint density at radius 2 is 2.18 bits per heavy atom. The third kappa shape index (κ3) is 3.11. The Bertz CT molecular complexity index is 500. The Kier molecular flexibility index (Phi) is 3.45. The molecule has 1 heterocycles. The third-order valence-corrected chi connectivity index (χ3v) is 2.38. The summed E-state index contributed by atoms with van der Waals surface area (Å²) in [4.78, 5) is 4.22. The first kappa shape index (κ1) is 11.3. The van der Waals surface area contributed by atoms with E-state index in [4.69, 9.17) is 10.5 Å². The molecule has 17 heavy (non-hydrogen) atoms. The van der Waals surface area contributed by atoms with Crippen LogP contribution >= 0.6 is 0 Å². The minimum atomic E-state index is 0.637. The number of nitrogens with two attached hydrogens (primary N) is 1. The SMILES string of the molecule is COc1cccc(NCc2cc(N)ccn2)c1. The van der Waals surface area contributed by atoms with E-state index in [9.17, 15) is 0 Å². The molecule has 88 valence electrons. The number of benzene rings is 1. The molecular weight excluding hydrogens is 214 g/mol. The van der Waals surface area contributed by atoms with E-state index in [1.54, 1.807) is 19.4 Å². The van der Waals surface area contributed by atoms with E-state index in [0.29, 0.717) is 6.54 Å². The van der Waals surface area contributed by atoms with E-state index in [-0.39, 0.29) is 0 Å². The molecule has 0 aliphatic rings. The number of nitrogens with one attached hydrogen (secondary N) is 1. The number of methoxy groups -OCH3 is 1. The van der Waals surface area contributed by atoms with Gasteiger partial charge in [-0.1, -0.05) is 6.07 Å². The van der Waals surface area contributed by atoms with Gasteiger partial charge in [-0.15, -0.1) is 0 Å². The van der Waals surface area contributed by atoms with Crippen LogP contribution in [0.15, 0.2) is 42.6 Å². The van der Waals surface area contributed by atoms with Crippen LogP contribution in [0.25, 0.3) is 0 Å². The number of hydrogen-bond acceptors (Lipinski definition) is 4. The van der Waals surface area contributed by atoms with Gasteiger partial charge >= 0.3 is 0 Å². The first-order chi connectivity index (χ1) is 8.28. The lowest BCUT2D eigenvalue weighted by Crippen LogP contribution is -2.02. The summed E-state index contributed by atoms with van der Waals surface area (Å²) in [6.45, 7) is 0.637. The molecule has 0 saturated carbocycles. The first-order valence-corrected chi connectivity index (χ1v) is 5.36. The van der Waals surface area contributed by atoms with Gasteiger partial charge in [0.15, 0.2) is 0 Å². The van der Waals surface area contributed by atoms with Crippen molar-refractivity contribution in [3.05, 3.63) is 48.3 Å². The number of anilines is 2. The highest BCUT2D eigenvalue weighted by Gasteiger charge is 1.97. The molecule has 0 saturated heterocycles. The summed E-state index contributed by atoms with van der Waals surface area (Å²) in [6, 6.07) is 11.4. The Balaban J connectivity index is 2.02. The van der Waals surface area contributed by atoms with Crippen LogP contribution in [0.3, 0.4) is 0 Å². The maximum absolute atomic E-state index is 5.69. The van der Waals surface area contributed by atoms with Crippen molar-refractivity contribution >= 4 is 11.4 Å². The number of rotatable bonds is 4. The summed E-state index contributed by atoms with van der Waals surface area (Å²) < 4.78 is 5.15. The van der Waals surface area contributed by atoms with Crippen molar-refractivity contribution < 1.29 is 4.74 Å². The van der Waals surface area contributed by atoms with Gasteiger partial charge in [0.2, 0.25) is 0 Å². The van der Waals surface area contributed by atoms with Gasteiger partial charge < -0.3 is 15.8 Å². The van der Waals surface area contributed by atoms with E-state index in [1.807, 2.05) is 30.3 Å². The summed E-state index contributed by atoms with van der Waals surface area (Å²) in [5, 5.41) is 3.26. The van der Waals surface area contributed by atoms with Crippen molar-refractivity contribution in [1.29, 1.82) is 0 Å². The van der Waals surface area contributed by atoms with Crippen LogP contribution in [0.5, 0.6) is 5.75 Å². The summed E-state index contributed by atoms with van der Waals surface area (Å²) in [6.07, 6.45) is 1.71. The van der Waals surface area contributed by atoms with Crippen LogP contribution in [-0.2, 0) is 6.54 Å². The Morgan fingerprint density at radius 3 is 2.94 bits per heavy atom. The fourth-order valence-electron chi connectivity index (χ4n) is 1.52. The number of aromatic nitrogens is 1. The second-order valence-electron chi connectivity index (χ2n) is 3.67. The highest BCUT2D eigenvalue weighted by Crippen LogP contribution is 2.17. The van der Waals surface area contributed by atoms with Gasteiger partial charge in [-0.25, -0.2) is 0 Å².